The number of halogens is 1. The van der Waals surface area contributed by atoms with Gasteiger partial charge in [0.15, 0.2) is 0 Å². The SMILES string of the molecule is COc1ccc(CN2C[C@@H](N)[C@H](c3ccccc3)C2)cc1Br. The zero-order valence-electron chi connectivity index (χ0n) is 12.7. The number of ether oxygens (including phenoxy) is 1. The summed E-state index contributed by atoms with van der Waals surface area (Å²) in [5.74, 6) is 1.28. The molecule has 1 saturated heterocycles. The second kappa shape index (κ2) is 6.82. The lowest BCUT2D eigenvalue weighted by Crippen LogP contribution is -2.28. The van der Waals surface area contributed by atoms with Gasteiger partial charge in [-0.1, -0.05) is 36.4 Å². The van der Waals surface area contributed by atoms with Gasteiger partial charge in [0.25, 0.3) is 0 Å². The number of likely N-dealkylation sites (tertiary alicyclic amines) is 1. The van der Waals surface area contributed by atoms with Crippen LogP contribution in [0.1, 0.15) is 17.0 Å². The number of nitrogens with zero attached hydrogens (tertiary/aromatic N) is 1. The minimum atomic E-state index is 0.198. The molecule has 1 fully saturated rings. The van der Waals surface area contributed by atoms with Crippen LogP contribution in [-0.4, -0.2) is 31.1 Å². The van der Waals surface area contributed by atoms with Crippen LogP contribution in [0.3, 0.4) is 0 Å². The van der Waals surface area contributed by atoms with Gasteiger partial charge in [-0.15, -0.1) is 0 Å². The van der Waals surface area contributed by atoms with E-state index in [1.807, 2.05) is 6.07 Å². The molecule has 4 heteroatoms. The van der Waals surface area contributed by atoms with E-state index in [-0.39, 0.29) is 6.04 Å². The maximum Gasteiger partial charge on any atom is 0.133 e. The second-order valence-electron chi connectivity index (χ2n) is 5.84. The quantitative estimate of drug-likeness (QED) is 0.907. The third-order valence-corrected chi connectivity index (χ3v) is 4.91. The average Bonchev–Trinajstić information content (AvgIpc) is 2.89. The maximum absolute atomic E-state index is 6.36. The van der Waals surface area contributed by atoms with Gasteiger partial charge in [0.05, 0.1) is 11.6 Å². The van der Waals surface area contributed by atoms with Gasteiger partial charge in [-0.2, -0.15) is 0 Å². The highest BCUT2D eigenvalue weighted by Crippen LogP contribution is 2.29. The average molecular weight is 361 g/mol. The third kappa shape index (κ3) is 3.35. The van der Waals surface area contributed by atoms with Gasteiger partial charge in [0.2, 0.25) is 0 Å². The predicted octanol–water partition coefficient (Wildman–Crippen LogP) is 3.38. The van der Waals surface area contributed by atoms with Crippen LogP contribution in [0.5, 0.6) is 5.75 Å². The molecule has 0 amide bonds. The molecular weight excluding hydrogens is 340 g/mol. The van der Waals surface area contributed by atoms with Crippen LogP contribution in [0.15, 0.2) is 53.0 Å². The van der Waals surface area contributed by atoms with E-state index in [9.17, 15) is 0 Å². The Hall–Kier alpha value is -1.36. The molecule has 0 saturated carbocycles. The molecule has 1 aliphatic heterocycles. The van der Waals surface area contributed by atoms with Crippen LogP contribution in [0, 0.1) is 0 Å². The summed E-state index contributed by atoms with van der Waals surface area (Å²) in [6.07, 6.45) is 0. The molecule has 0 radical (unpaired) electrons. The highest BCUT2D eigenvalue weighted by Gasteiger charge is 2.30. The van der Waals surface area contributed by atoms with Crippen molar-refractivity contribution in [3.63, 3.8) is 0 Å². The van der Waals surface area contributed by atoms with E-state index in [1.165, 1.54) is 11.1 Å². The van der Waals surface area contributed by atoms with Crippen molar-refractivity contribution in [2.24, 2.45) is 5.73 Å². The van der Waals surface area contributed by atoms with Gasteiger partial charge >= 0.3 is 0 Å². The molecule has 0 bridgehead atoms. The zero-order valence-corrected chi connectivity index (χ0v) is 14.3. The largest absolute Gasteiger partial charge is 0.496 e. The number of rotatable bonds is 4. The van der Waals surface area contributed by atoms with Gasteiger partial charge in [-0.25, -0.2) is 0 Å². The Bertz CT molecular complexity index is 632. The van der Waals surface area contributed by atoms with E-state index in [2.05, 4.69) is 63.3 Å². The van der Waals surface area contributed by atoms with Crippen molar-refractivity contribution in [1.29, 1.82) is 0 Å². The maximum atomic E-state index is 6.36. The summed E-state index contributed by atoms with van der Waals surface area (Å²) in [6.45, 7) is 2.86. The predicted molar refractivity (Wildman–Crippen MR) is 93.1 cm³/mol. The van der Waals surface area contributed by atoms with Crippen molar-refractivity contribution in [1.82, 2.24) is 4.90 Å². The van der Waals surface area contributed by atoms with Crippen LogP contribution in [0.25, 0.3) is 0 Å². The molecule has 2 aromatic carbocycles. The van der Waals surface area contributed by atoms with Gasteiger partial charge in [0.1, 0.15) is 5.75 Å². The molecule has 0 aliphatic carbocycles. The van der Waals surface area contributed by atoms with Crippen LogP contribution in [0.4, 0.5) is 0 Å². The Balaban J connectivity index is 1.69. The fraction of sp³-hybridized carbons (Fsp3) is 0.333. The van der Waals surface area contributed by atoms with Crippen LogP contribution in [0.2, 0.25) is 0 Å². The molecule has 3 rings (SSSR count). The molecule has 0 aromatic heterocycles. The molecule has 2 atom stereocenters. The molecule has 1 heterocycles. The monoisotopic (exact) mass is 360 g/mol. The van der Waals surface area contributed by atoms with E-state index in [4.69, 9.17) is 10.5 Å². The van der Waals surface area contributed by atoms with E-state index < -0.39 is 0 Å². The number of nitrogens with two attached hydrogens (primary N) is 1. The van der Waals surface area contributed by atoms with Crippen LogP contribution in [-0.2, 0) is 6.54 Å². The normalized spacial score (nSPS) is 22.0. The first-order valence-corrected chi connectivity index (χ1v) is 8.32. The molecular formula is C18H21BrN2O. The Labute approximate surface area is 140 Å². The van der Waals surface area contributed by atoms with Crippen molar-refractivity contribution < 1.29 is 4.74 Å². The van der Waals surface area contributed by atoms with Gasteiger partial charge < -0.3 is 10.5 Å². The van der Waals surface area contributed by atoms with Crippen molar-refractivity contribution in [3.8, 4) is 5.75 Å². The molecule has 3 nitrogen and oxygen atoms in total. The van der Waals surface area contributed by atoms with Crippen LogP contribution >= 0.6 is 15.9 Å². The first-order valence-electron chi connectivity index (χ1n) is 7.52. The smallest absolute Gasteiger partial charge is 0.133 e. The first kappa shape index (κ1) is 15.5. The molecule has 2 aromatic rings. The molecule has 1 aliphatic rings. The van der Waals surface area contributed by atoms with E-state index in [1.54, 1.807) is 7.11 Å². The van der Waals surface area contributed by atoms with E-state index >= 15 is 0 Å². The molecule has 0 unspecified atom stereocenters. The minimum Gasteiger partial charge on any atom is -0.496 e. The Morgan fingerprint density at radius 3 is 2.64 bits per heavy atom. The summed E-state index contributed by atoms with van der Waals surface area (Å²) in [7, 11) is 1.68. The van der Waals surface area contributed by atoms with Gasteiger partial charge in [0, 0.05) is 31.6 Å². The van der Waals surface area contributed by atoms with Crippen molar-refractivity contribution >= 4 is 15.9 Å². The zero-order chi connectivity index (χ0) is 15.5. The summed E-state index contributed by atoms with van der Waals surface area (Å²) < 4.78 is 6.28. The Kier molecular flexibility index (Phi) is 4.81. The lowest BCUT2D eigenvalue weighted by Gasteiger charge is -2.17. The highest BCUT2D eigenvalue weighted by atomic mass is 79.9. The first-order chi connectivity index (χ1) is 10.7. The molecule has 22 heavy (non-hydrogen) atoms. The minimum absolute atomic E-state index is 0.198. The highest BCUT2D eigenvalue weighted by molar-refractivity contribution is 9.10. The summed E-state index contributed by atoms with van der Waals surface area (Å²) in [6, 6.07) is 17.0. The summed E-state index contributed by atoms with van der Waals surface area (Å²) >= 11 is 3.55. The molecule has 0 spiro atoms. The van der Waals surface area contributed by atoms with E-state index in [0.717, 1.165) is 29.9 Å². The standard InChI is InChI=1S/C18H21BrN2O/c1-22-18-8-7-13(9-16(18)19)10-21-11-15(17(20)12-21)14-5-3-2-4-6-14/h2-9,15,17H,10-12,20H2,1H3/t15-,17+/m0/s1. The summed E-state index contributed by atoms with van der Waals surface area (Å²) in [5.41, 5.74) is 8.97. The Morgan fingerprint density at radius 2 is 1.95 bits per heavy atom. The fourth-order valence-corrected chi connectivity index (χ4v) is 3.75. The van der Waals surface area contributed by atoms with Crippen LogP contribution < -0.4 is 10.5 Å². The van der Waals surface area contributed by atoms with E-state index in [0.29, 0.717) is 5.92 Å². The van der Waals surface area contributed by atoms with Gasteiger partial charge in [-0.05, 0) is 39.2 Å². The lowest BCUT2D eigenvalue weighted by molar-refractivity contribution is 0.323. The summed E-state index contributed by atoms with van der Waals surface area (Å²) in [4.78, 5) is 2.43. The number of benzene rings is 2. The topological polar surface area (TPSA) is 38.5 Å². The van der Waals surface area contributed by atoms with Crippen molar-refractivity contribution in [2.75, 3.05) is 20.2 Å². The number of methoxy groups -OCH3 is 1. The van der Waals surface area contributed by atoms with Gasteiger partial charge in [-0.3, -0.25) is 4.90 Å². The Morgan fingerprint density at radius 1 is 1.18 bits per heavy atom. The fourth-order valence-electron chi connectivity index (χ4n) is 3.16. The second-order valence-corrected chi connectivity index (χ2v) is 6.70. The van der Waals surface area contributed by atoms with Crippen molar-refractivity contribution in [3.05, 3.63) is 64.1 Å². The summed E-state index contributed by atoms with van der Waals surface area (Å²) in [5, 5.41) is 0. The third-order valence-electron chi connectivity index (χ3n) is 4.29. The molecule has 2 N–H and O–H groups in total. The number of hydrogen-bond acceptors (Lipinski definition) is 3. The van der Waals surface area contributed by atoms with Crippen molar-refractivity contribution in [2.45, 2.75) is 18.5 Å². The lowest BCUT2D eigenvalue weighted by atomic mass is 9.95. The number of hydrogen-bond donors (Lipinski definition) is 1. The molecule has 116 valence electrons.